The van der Waals surface area contributed by atoms with Crippen molar-refractivity contribution < 1.29 is 23.9 Å². The summed E-state index contributed by atoms with van der Waals surface area (Å²) in [7, 11) is 0. The van der Waals surface area contributed by atoms with Crippen molar-refractivity contribution in [3.05, 3.63) is 59.9 Å². The van der Waals surface area contributed by atoms with Crippen LogP contribution in [0.1, 0.15) is 69.3 Å². The van der Waals surface area contributed by atoms with E-state index in [1.54, 1.807) is 6.26 Å². The molecular formula is C33H44N4O5S. The number of carboxylic acid groups (broad SMARTS) is 1. The van der Waals surface area contributed by atoms with Crippen LogP contribution in [0.4, 0.5) is 16.2 Å². The second-order valence-corrected chi connectivity index (χ2v) is 12.1. The lowest BCUT2D eigenvalue weighted by molar-refractivity contribution is -0.137. The monoisotopic (exact) mass is 608 g/mol. The van der Waals surface area contributed by atoms with Crippen molar-refractivity contribution in [1.29, 1.82) is 0 Å². The topological polar surface area (TPSA) is 115 Å². The number of furan rings is 1. The lowest BCUT2D eigenvalue weighted by atomic mass is 10.0. The molecule has 10 heteroatoms. The molecule has 2 aliphatic rings. The molecule has 2 amide bonds. The minimum Gasteiger partial charge on any atom is -0.481 e. The molecule has 0 radical (unpaired) electrons. The Morgan fingerprint density at radius 2 is 1.65 bits per heavy atom. The first-order valence-corrected chi connectivity index (χ1v) is 16.4. The van der Waals surface area contributed by atoms with Crippen molar-refractivity contribution in [1.82, 2.24) is 10.6 Å². The van der Waals surface area contributed by atoms with Crippen molar-refractivity contribution >= 4 is 51.9 Å². The SMILES string of the molecule is CCN(CC)c1ccc(C(=O)c2coc3c(N(CC)CC)cccc23)cc1.O=C(O)CCCC[C@@H]1SC[C@@H]2NC(=O)N[C@@H]21. The van der Waals surface area contributed by atoms with Crippen LogP contribution in [0.5, 0.6) is 0 Å². The number of aliphatic carboxylic acids is 1. The summed E-state index contributed by atoms with van der Waals surface area (Å²) >= 11 is 1.87. The summed E-state index contributed by atoms with van der Waals surface area (Å²) in [5, 5.41) is 15.7. The molecule has 232 valence electrons. The molecule has 2 fully saturated rings. The normalized spacial score (nSPS) is 18.8. The largest absolute Gasteiger partial charge is 0.481 e. The molecule has 1 aromatic heterocycles. The van der Waals surface area contributed by atoms with Gasteiger partial charge in [-0.2, -0.15) is 11.8 Å². The predicted molar refractivity (Wildman–Crippen MR) is 175 cm³/mol. The van der Waals surface area contributed by atoms with Crippen molar-refractivity contribution in [3.8, 4) is 0 Å². The molecule has 3 heterocycles. The highest BCUT2D eigenvalue weighted by Gasteiger charge is 2.42. The molecule has 43 heavy (non-hydrogen) atoms. The van der Waals surface area contributed by atoms with Crippen LogP contribution < -0.4 is 20.4 Å². The van der Waals surface area contributed by atoms with Gasteiger partial charge < -0.3 is 30.0 Å². The number of unbranched alkanes of at least 4 members (excludes halogenated alkanes) is 1. The van der Waals surface area contributed by atoms with Crippen molar-refractivity contribution in [2.24, 2.45) is 0 Å². The van der Waals surface area contributed by atoms with E-state index in [9.17, 15) is 14.4 Å². The van der Waals surface area contributed by atoms with Gasteiger partial charge in [0.15, 0.2) is 11.4 Å². The molecule has 3 atom stereocenters. The third-order valence-electron chi connectivity index (χ3n) is 8.25. The molecule has 0 unspecified atom stereocenters. The number of carboxylic acids is 1. The Morgan fingerprint density at radius 1 is 0.953 bits per heavy atom. The summed E-state index contributed by atoms with van der Waals surface area (Å²) < 4.78 is 5.83. The van der Waals surface area contributed by atoms with Crippen LogP contribution in [-0.2, 0) is 4.79 Å². The van der Waals surface area contributed by atoms with Gasteiger partial charge in [0.2, 0.25) is 0 Å². The maximum absolute atomic E-state index is 13.1. The summed E-state index contributed by atoms with van der Waals surface area (Å²) in [5.74, 6) is 0.233. The van der Waals surface area contributed by atoms with Gasteiger partial charge in [0.05, 0.1) is 23.3 Å². The van der Waals surface area contributed by atoms with E-state index in [2.05, 4.69) is 48.1 Å². The number of para-hydroxylation sites is 1. The van der Waals surface area contributed by atoms with Crippen molar-refractivity contribution in [2.75, 3.05) is 41.7 Å². The van der Waals surface area contributed by atoms with Gasteiger partial charge >= 0.3 is 12.0 Å². The van der Waals surface area contributed by atoms with Gasteiger partial charge in [0.1, 0.15) is 6.26 Å². The molecule has 0 spiro atoms. The van der Waals surface area contributed by atoms with E-state index in [1.807, 2.05) is 54.2 Å². The highest BCUT2D eigenvalue weighted by atomic mass is 32.2. The summed E-state index contributed by atoms with van der Waals surface area (Å²) in [4.78, 5) is 39.0. The minimum atomic E-state index is -0.729. The van der Waals surface area contributed by atoms with E-state index >= 15 is 0 Å². The average Bonchev–Trinajstić information content (AvgIpc) is 3.71. The first kappa shape index (κ1) is 32.3. The van der Waals surface area contributed by atoms with Crippen LogP contribution in [0.15, 0.2) is 53.1 Å². The van der Waals surface area contributed by atoms with E-state index in [4.69, 9.17) is 9.52 Å². The highest BCUT2D eigenvalue weighted by molar-refractivity contribution is 8.00. The molecule has 9 nitrogen and oxygen atoms in total. The van der Waals surface area contributed by atoms with Gasteiger partial charge in [-0.15, -0.1) is 0 Å². The first-order valence-electron chi connectivity index (χ1n) is 15.4. The molecule has 3 aromatic rings. The lowest BCUT2D eigenvalue weighted by Gasteiger charge is -2.21. The number of amides is 2. The molecule has 2 aromatic carbocycles. The summed E-state index contributed by atoms with van der Waals surface area (Å²) in [6.07, 6.45) is 4.48. The van der Waals surface area contributed by atoms with Crippen molar-refractivity contribution in [3.63, 3.8) is 0 Å². The standard InChI is InChI=1S/C23H28N2O2.C10H16N2O3S/c1-5-24(6-2)18-14-12-17(13-15-18)22(26)20-16-27-23-19(20)10-9-11-21(23)25(7-3)8-4;13-8(14)4-2-1-3-7-9-6(5-16-7)11-10(15)12-9/h9-16H,5-8H2,1-4H3;6-7,9H,1-5H2,(H,13,14)(H2,11,12,15)/t;6-,7-,9-/m.0/s1. The molecular weight excluding hydrogens is 564 g/mol. The lowest BCUT2D eigenvalue weighted by Crippen LogP contribution is -2.36. The number of hydrogen-bond donors (Lipinski definition) is 3. The molecule has 0 aliphatic carbocycles. The Morgan fingerprint density at radius 3 is 2.30 bits per heavy atom. The fourth-order valence-corrected chi connectivity index (χ4v) is 7.41. The number of nitrogens with one attached hydrogen (secondary N) is 2. The van der Waals surface area contributed by atoms with E-state index < -0.39 is 5.97 Å². The number of carbonyl (C=O) groups is 3. The third-order valence-corrected chi connectivity index (χ3v) is 9.76. The molecule has 0 bridgehead atoms. The van der Waals surface area contributed by atoms with Gasteiger partial charge in [0, 0.05) is 60.2 Å². The van der Waals surface area contributed by atoms with Crippen LogP contribution in [0, 0.1) is 0 Å². The Kier molecular flexibility index (Phi) is 11.4. The Hall–Kier alpha value is -3.66. The van der Waals surface area contributed by atoms with Crippen LogP contribution in [-0.4, -0.2) is 72.2 Å². The summed E-state index contributed by atoms with van der Waals surface area (Å²) in [6.45, 7) is 12.2. The number of urea groups is 1. The Balaban J connectivity index is 0.000000225. The number of nitrogens with zero attached hydrogens (tertiary/aromatic N) is 2. The number of benzene rings is 2. The first-order chi connectivity index (χ1) is 20.8. The summed E-state index contributed by atoms with van der Waals surface area (Å²) in [6, 6.07) is 14.3. The maximum atomic E-state index is 13.1. The number of rotatable bonds is 13. The summed E-state index contributed by atoms with van der Waals surface area (Å²) in [5.41, 5.74) is 4.26. The van der Waals surface area contributed by atoms with Gasteiger partial charge in [-0.05, 0) is 70.9 Å². The van der Waals surface area contributed by atoms with Crippen LogP contribution in [0.25, 0.3) is 11.0 Å². The third kappa shape index (κ3) is 7.65. The molecule has 3 N–H and O–H groups in total. The maximum Gasteiger partial charge on any atom is 0.315 e. The Bertz CT molecular complexity index is 1380. The predicted octanol–water partition coefficient (Wildman–Crippen LogP) is 6.15. The number of hydrogen-bond acceptors (Lipinski definition) is 7. The van der Waals surface area contributed by atoms with E-state index in [0.717, 1.165) is 73.5 Å². The van der Waals surface area contributed by atoms with Crippen LogP contribution in [0.3, 0.4) is 0 Å². The molecule has 2 saturated heterocycles. The highest BCUT2D eigenvalue weighted by Crippen LogP contribution is 2.34. The second kappa shape index (κ2) is 15.2. The fraction of sp³-hybridized carbons (Fsp3) is 0.485. The second-order valence-electron chi connectivity index (χ2n) is 10.8. The molecule has 2 aliphatic heterocycles. The number of carbonyl (C=O) groups excluding carboxylic acids is 2. The number of ketones is 1. The zero-order chi connectivity index (χ0) is 30.9. The van der Waals surface area contributed by atoms with E-state index in [-0.39, 0.29) is 30.3 Å². The zero-order valence-corrected chi connectivity index (χ0v) is 26.4. The Labute approximate surface area is 258 Å². The van der Waals surface area contributed by atoms with Gasteiger partial charge in [0.25, 0.3) is 0 Å². The number of thioether (sulfide) groups is 1. The van der Waals surface area contributed by atoms with E-state index in [0.29, 0.717) is 16.4 Å². The number of anilines is 2. The zero-order valence-electron chi connectivity index (χ0n) is 25.6. The minimum absolute atomic E-state index is 0.00320. The van der Waals surface area contributed by atoms with E-state index in [1.165, 1.54) is 0 Å². The fourth-order valence-electron chi connectivity index (χ4n) is 5.86. The average molecular weight is 609 g/mol. The van der Waals surface area contributed by atoms with Gasteiger partial charge in [-0.3, -0.25) is 9.59 Å². The molecule has 5 rings (SSSR count). The smallest absolute Gasteiger partial charge is 0.315 e. The number of fused-ring (bicyclic) bond motifs is 2. The van der Waals surface area contributed by atoms with Gasteiger partial charge in [-0.25, -0.2) is 4.79 Å². The van der Waals surface area contributed by atoms with Crippen molar-refractivity contribution in [2.45, 2.75) is 70.7 Å². The van der Waals surface area contributed by atoms with Gasteiger partial charge in [-0.1, -0.05) is 18.6 Å². The quantitative estimate of drug-likeness (QED) is 0.120. The van der Waals surface area contributed by atoms with Crippen LogP contribution >= 0.6 is 11.8 Å². The van der Waals surface area contributed by atoms with Crippen LogP contribution in [0.2, 0.25) is 0 Å². The molecule has 0 saturated carbocycles.